The van der Waals surface area contributed by atoms with Crippen LogP contribution in [0.1, 0.15) is 29.7 Å². The van der Waals surface area contributed by atoms with E-state index < -0.39 is 0 Å². The molecule has 0 saturated carbocycles. The Morgan fingerprint density at radius 1 is 1.21 bits per heavy atom. The monoisotopic (exact) mass is 328 g/mol. The summed E-state index contributed by atoms with van der Waals surface area (Å²) in [6.45, 7) is 1.48. The molecule has 2 unspecified atom stereocenters. The number of morpholine rings is 1. The van der Waals surface area contributed by atoms with Gasteiger partial charge in [-0.2, -0.15) is 0 Å². The van der Waals surface area contributed by atoms with Crippen molar-refractivity contribution in [2.45, 2.75) is 18.6 Å². The van der Waals surface area contributed by atoms with Gasteiger partial charge in [0.1, 0.15) is 11.9 Å². The number of benzene rings is 2. The van der Waals surface area contributed by atoms with Gasteiger partial charge in [-0.25, -0.2) is 4.39 Å². The molecule has 2 aromatic rings. The molecule has 1 fully saturated rings. The van der Waals surface area contributed by atoms with Gasteiger partial charge in [0.25, 0.3) is 0 Å². The summed E-state index contributed by atoms with van der Waals surface area (Å²) in [6.07, 6.45) is 0.0383. The molecule has 2 aromatic carbocycles. The lowest BCUT2D eigenvalue weighted by atomic mass is 10.0. The molecule has 2 N–H and O–H groups in total. The molecule has 1 saturated heterocycles. The molecule has 1 aliphatic heterocycles. The lowest BCUT2D eigenvalue weighted by Crippen LogP contribution is -2.43. The van der Waals surface area contributed by atoms with Crippen LogP contribution in [0.2, 0.25) is 0 Å². The van der Waals surface area contributed by atoms with Gasteiger partial charge in [0.15, 0.2) is 0 Å². The Hall–Kier alpha value is -2.24. The number of ether oxygens (including phenoxy) is 1. The van der Waals surface area contributed by atoms with E-state index in [4.69, 9.17) is 10.5 Å². The van der Waals surface area contributed by atoms with E-state index in [2.05, 4.69) is 0 Å². The zero-order valence-corrected chi connectivity index (χ0v) is 13.4. The van der Waals surface area contributed by atoms with Crippen molar-refractivity contribution >= 4 is 5.91 Å². The molecule has 0 spiro atoms. The van der Waals surface area contributed by atoms with Crippen molar-refractivity contribution < 1.29 is 13.9 Å². The van der Waals surface area contributed by atoms with Crippen LogP contribution in [0.3, 0.4) is 0 Å². The van der Waals surface area contributed by atoms with Crippen molar-refractivity contribution in [2.24, 2.45) is 5.73 Å². The minimum atomic E-state index is -0.314. The second-order valence-corrected chi connectivity index (χ2v) is 5.97. The summed E-state index contributed by atoms with van der Waals surface area (Å²) < 4.78 is 18.8. The van der Waals surface area contributed by atoms with E-state index in [1.54, 1.807) is 17.0 Å². The molecule has 24 heavy (non-hydrogen) atoms. The average molecular weight is 328 g/mol. The van der Waals surface area contributed by atoms with Crippen molar-refractivity contribution in [2.75, 3.05) is 19.7 Å². The van der Waals surface area contributed by atoms with Crippen LogP contribution >= 0.6 is 0 Å². The Bertz CT molecular complexity index is 676. The highest BCUT2D eigenvalue weighted by atomic mass is 19.1. The summed E-state index contributed by atoms with van der Waals surface area (Å²) in [4.78, 5) is 14.3. The maximum absolute atomic E-state index is 13.0. The molecule has 2 atom stereocenters. The average Bonchev–Trinajstić information content (AvgIpc) is 2.63. The lowest BCUT2D eigenvalue weighted by molar-refractivity contribution is -0.139. The lowest BCUT2D eigenvalue weighted by Gasteiger charge is -2.33. The first-order chi connectivity index (χ1) is 11.6. The Labute approximate surface area is 141 Å². The van der Waals surface area contributed by atoms with Gasteiger partial charge in [0, 0.05) is 19.0 Å². The minimum absolute atomic E-state index is 0.0155. The van der Waals surface area contributed by atoms with Gasteiger partial charge < -0.3 is 15.4 Å². The smallest absolute Gasteiger partial charge is 0.224 e. The Kier molecular flexibility index (Phi) is 5.23. The zero-order chi connectivity index (χ0) is 16.9. The van der Waals surface area contributed by atoms with E-state index in [1.807, 2.05) is 30.3 Å². The molecule has 0 aromatic heterocycles. The number of nitrogens with two attached hydrogens (primary N) is 1. The highest BCUT2D eigenvalue weighted by Crippen LogP contribution is 2.24. The van der Waals surface area contributed by atoms with Gasteiger partial charge in [-0.05, 0) is 23.3 Å². The van der Waals surface area contributed by atoms with Crippen molar-refractivity contribution in [1.82, 2.24) is 4.90 Å². The van der Waals surface area contributed by atoms with Crippen molar-refractivity contribution in [3.8, 4) is 0 Å². The van der Waals surface area contributed by atoms with Crippen LogP contribution in [0, 0.1) is 5.82 Å². The number of hydrogen-bond acceptors (Lipinski definition) is 3. The first kappa shape index (κ1) is 16.6. The third kappa shape index (κ3) is 3.99. The standard InChI is InChI=1S/C19H21FN2O2/c20-16-8-6-15(7-9-16)18-13-22(10-11-24-18)19(23)12-17(21)14-4-2-1-3-5-14/h1-9,17-18H,10-13,21H2. The second-order valence-electron chi connectivity index (χ2n) is 5.97. The summed E-state index contributed by atoms with van der Waals surface area (Å²) >= 11 is 0. The topological polar surface area (TPSA) is 55.6 Å². The van der Waals surface area contributed by atoms with E-state index >= 15 is 0 Å². The number of carbonyl (C=O) groups is 1. The fraction of sp³-hybridized carbons (Fsp3) is 0.316. The number of nitrogens with zero attached hydrogens (tertiary/aromatic N) is 1. The molecular formula is C19H21FN2O2. The Morgan fingerprint density at radius 2 is 1.92 bits per heavy atom. The summed E-state index contributed by atoms with van der Waals surface area (Å²) in [5.41, 5.74) is 7.97. The third-order valence-corrected chi connectivity index (χ3v) is 4.28. The third-order valence-electron chi connectivity index (χ3n) is 4.28. The van der Waals surface area contributed by atoms with Crippen LogP contribution in [-0.2, 0) is 9.53 Å². The Balaban J connectivity index is 1.61. The molecular weight excluding hydrogens is 307 g/mol. The zero-order valence-electron chi connectivity index (χ0n) is 13.4. The first-order valence-corrected chi connectivity index (χ1v) is 8.09. The number of hydrogen-bond donors (Lipinski definition) is 1. The molecule has 126 valence electrons. The van der Waals surface area contributed by atoms with Crippen molar-refractivity contribution in [3.63, 3.8) is 0 Å². The van der Waals surface area contributed by atoms with E-state index in [0.29, 0.717) is 19.7 Å². The predicted molar refractivity (Wildman–Crippen MR) is 89.7 cm³/mol. The van der Waals surface area contributed by atoms with Gasteiger partial charge in [0.2, 0.25) is 5.91 Å². The molecule has 4 nitrogen and oxygen atoms in total. The number of halogens is 1. The van der Waals surface area contributed by atoms with E-state index in [9.17, 15) is 9.18 Å². The SMILES string of the molecule is NC(CC(=O)N1CCOC(c2ccc(F)cc2)C1)c1ccccc1. The molecule has 0 bridgehead atoms. The van der Waals surface area contributed by atoms with Crippen LogP contribution in [0.4, 0.5) is 4.39 Å². The van der Waals surface area contributed by atoms with Crippen molar-refractivity contribution in [3.05, 3.63) is 71.5 Å². The summed E-state index contributed by atoms with van der Waals surface area (Å²) in [5.74, 6) is -0.266. The summed E-state index contributed by atoms with van der Waals surface area (Å²) in [6, 6.07) is 15.5. The molecule has 1 amide bonds. The number of carbonyl (C=O) groups excluding carboxylic acids is 1. The van der Waals surface area contributed by atoms with Crippen LogP contribution in [0.15, 0.2) is 54.6 Å². The highest BCUT2D eigenvalue weighted by Gasteiger charge is 2.26. The van der Waals surface area contributed by atoms with E-state index in [0.717, 1.165) is 11.1 Å². The number of rotatable bonds is 4. The van der Waals surface area contributed by atoms with E-state index in [-0.39, 0.29) is 30.3 Å². The van der Waals surface area contributed by atoms with Gasteiger partial charge in [-0.15, -0.1) is 0 Å². The maximum Gasteiger partial charge on any atom is 0.224 e. The highest BCUT2D eigenvalue weighted by molar-refractivity contribution is 5.77. The fourth-order valence-electron chi connectivity index (χ4n) is 2.89. The second kappa shape index (κ2) is 7.55. The van der Waals surface area contributed by atoms with Crippen LogP contribution in [0.5, 0.6) is 0 Å². The fourth-order valence-corrected chi connectivity index (χ4v) is 2.89. The molecule has 0 aliphatic carbocycles. The molecule has 1 heterocycles. The van der Waals surface area contributed by atoms with Gasteiger partial charge in [-0.3, -0.25) is 4.79 Å². The van der Waals surface area contributed by atoms with Crippen LogP contribution < -0.4 is 5.73 Å². The summed E-state index contributed by atoms with van der Waals surface area (Å²) in [5, 5.41) is 0. The van der Waals surface area contributed by atoms with E-state index in [1.165, 1.54) is 12.1 Å². The Morgan fingerprint density at radius 3 is 2.62 bits per heavy atom. The normalized spacial score (nSPS) is 19.1. The molecule has 1 aliphatic rings. The van der Waals surface area contributed by atoms with Crippen LogP contribution in [-0.4, -0.2) is 30.5 Å². The summed E-state index contributed by atoms with van der Waals surface area (Å²) in [7, 11) is 0. The quantitative estimate of drug-likeness (QED) is 0.939. The first-order valence-electron chi connectivity index (χ1n) is 8.09. The largest absolute Gasteiger partial charge is 0.370 e. The number of amides is 1. The molecule has 3 rings (SSSR count). The van der Waals surface area contributed by atoms with Crippen molar-refractivity contribution in [1.29, 1.82) is 0 Å². The predicted octanol–water partition coefficient (Wildman–Crippen LogP) is 2.82. The van der Waals surface area contributed by atoms with Gasteiger partial charge in [0.05, 0.1) is 13.2 Å². The van der Waals surface area contributed by atoms with Crippen LogP contribution in [0.25, 0.3) is 0 Å². The molecule has 5 heteroatoms. The van der Waals surface area contributed by atoms with Gasteiger partial charge >= 0.3 is 0 Å². The molecule has 0 radical (unpaired) electrons. The van der Waals surface area contributed by atoms with Gasteiger partial charge in [-0.1, -0.05) is 42.5 Å². The maximum atomic E-state index is 13.0. The minimum Gasteiger partial charge on any atom is -0.370 e.